The van der Waals surface area contributed by atoms with Crippen molar-refractivity contribution in [1.82, 2.24) is 19.9 Å². The van der Waals surface area contributed by atoms with E-state index in [1.54, 1.807) is 12.1 Å². The molecule has 3 rings (SSSR count). The molecule has 2 heterocycles. The van der Waals surface area contributed by atoms with Crippen LogP contribution in [0.25, 0.3) is 10.9 Å². The molecule has 0 amide bonds. The van der Waals surface area contributed by atoms with E-state index in [1.807, 2.05) is 19.1 Å². The van der Waals surface area contributed by atoms with Crippen LogP contribution in [0.5, 0.6) is 0 Å². The molecule has 21 heavy (non-hydrogen) atoms. The zero-order valence-corrected chi connectivity index (χ0v) is 12.0. The Balaban J connectivity index is 1.82. The summed E-state index contributed by atoms with van der Waals surface area (Å²) in [6.07, 6.45) is -0.0112. The number of aromatic nitrogens is 3. The number of nitrogens with two attached hydrogens (primary N) is 1. The zero-order valence-electron chi connectivity index (χ0n) is 12.0. The van der Waals surface area contributed by atoms with E-state index in [0.717, 1.165) is 6.54 Å². The molecular weight excluding hydrogens is 270 g/mol. The smallest absolute Gasteiger partial charge is 0.278 e. The van der Waals surface area contributed by atoms with Gasteiger partial charge < -0.3 is 10.5 Å². The molecule has 0 saturated carbocycles. The van der Waals surface area contributed by atoms with Crippen molar-refractivity contribution in [2.24, 2.45) is 5.73 Å². The Hall–Kier alpha value is -1.83. The predicted octanol–water partition coefficient (Wildman–Crippen LogP) is -0.203. The maximum absolute atomic E-state index is 12.4. The van der Waals surface area contributed by atoms with Gasteiger partial charge in [0.25, 0.3) is 5.56 Å². The third kappa shape index (κ3) is 2.94. The van der Waals surface area contributed by atoms with Gasteiger partial charge in [0.15, 0.2) is 0 Å². The fourth-order valence-corrected chi connectivity index (χ4v) is 2.48. The average Bonchev–Trinajstić information content (AvgIpc) is 2.51. The van der Waals surface area contributed by atoms with Crippen LogP contribution in [0.3, 0.4) is 0 Å². The summed E-state index contributed by atoms with van der Waals surface area (Å²) in [6, 6.07) is 7.20. The summed E-state index contributed by atoms with van der Waals surface area (Å²) in [5.74, 6) is 0. The van der Waals surface area contributed by atoms with Crippen molar-refractivity contribution in [1.29, 1.82) is 0 Å². The molecule has 0 radical (unpaired) electrons. The number of hydrogen-bond acceptors (Lipinski definition) is 6. The van der Waals surface area contributed by atoms with Crippen molar-refractivity contribution in [3.8, 4) is 0 Å². The lowest BCUT2D eigenvalue weighted by Crippen LogP contribution is -2.50. The number of rotatable bonds is 3. The quantitative estimate of drug-likeness (QED) is 0.842. The number of benzene rings is 1. The Morgan fingerprint density at radius 1 is 1.48 bits per heavy atom. The lowest BCUT2D eigenvalue weighted by Gasteiger charge is -2.34. The molecule has 0 spiro atoms. The SMILES string of the molecule is CC(N)C1CN(Cn2nnc3ccccc3c2=O)CCO1. The molecule has 0 bridgehead atoms. The molecular formula is C14H19N5O2. The second-order valence-electron chi connectivity index (χ2n) is 5.40. The van der Waals surface area contributed by atoms with Crippen LogP contribution < -0.4 is 11.3 Å². The number of fused-ring (bicyclic) bond motifs is 1. The van der Waals surface area contributed by atoms with Gasteiger partial charge in [0, 0.05) is 19.1 Å². The van der Waals surface area contributed by atoms with Gasteiger partial charge in [-0.2, -0.15) is 4.68 Å². The zero-order chi connectivity index (χ0) is 14.8. The van der Waals surface area contributed by atoms with Crippen molar-refractivity contribution in [2.75, 3.05) is 19.7 Å². The molecule has 1 aromatic carbocycles. The molecule has 2 atom stereocenters. The molecule has 1 aliphatic heterocycles. The molecule has 1 saturated heterocycles. The van der Waals surface area contributed by atoms with Crippen LogP contribution in [0.4, 0.5) is 0 Å². The highest BCUT2D eigenvalue weighted by Crippen LogP contribution is 2.09. The number of ether oxygens (including phenoxy) is 1. The lowest BCUT2D eigenvalue weighted by molar-refractivity contribution is -0.0491. The summed E-state index contributed by atoms with van der Waals surface area (Å²) >= 11 is 0. The van der Waals surface area contributed by atoms with Gasteiger partial charge in [0.1, 0.15) is 5.52 Å². The van der Waals surface area contributed by atoms with Gasteiger partial charge >= 0.3 is 0 Å². The Bertz CT molecular complexity index is 684. The number of nitrogens with zero attached hydrogens (tertiary/aromatic N) is 4. The van der Waals surface area contributed by atoms with Gasteiger partial charge in [-0.05, 0) is 19.1 Å². The van der Waals surface area contributed by atoms with Crippen LogP contribution in [0.1, 0.15) is 6.92 Å². The molecule has 7 nitrogen and oxygen atoms in total. The Morgan fingerprint density at radius 3 is 3.10 bits per heavy atom. The van der Waals surface area contributed by atoms with Crippen molar-refractivity contribution < 1.29 is 4.74 Å². The highest BCUT2D eigenvalue weighted by molar-refractivity contribution is 5.76. The number of morpholine rings is 1. The fourth-order valence-electron chi connectivity index (χ4n) is 2.48. The molecule has 1 aliphatic rings. The van der Waals surface area contributed by atoms with Gasteiger partial charge in [0.05, 0.1) is 24.8 Å². The summed E-state index contributed by atoms with van der Waals surface area (Å²) in [5, 5.41) is 8.69. The number of hydrogen-bond donors (Lipinski definition) is 1. The third-order valence-corrected chi connectivity index (χ3v) is 3.73. The summed E-state index contributed by atoms with van der Waals surface area (Å²) in [5.41, 5.74) is 6.38. The van der Waals surface area contributed by atoms with Gasteiger partial charge in [-0.15, -0.1) is 5.10 Å². The molecule has 112 valence electrons. The summed E-state index contributed by atoms with van der Waals surface area (Å²) in [6.45, 7) is 4.39. The second kappa shape index (κ2) is 5.88. The summed E-state index contributed by atoms with van der Waals surface area (Å²) in [4.78, 5) is 14.5. The molecule has 1 aromatic heterocycles. The maximum atomic E-state index is 12.4. The molecule has 2 N–H and O–H groups in total. The monoisotopic (exact) mass is 289 g/mol. The van der Waals surface area contributed by atoms with Crippen molar-refractivity contribution in [2.45, 2.75) is 25.7 Å². The van der Waals surface area contributed by atoms with Gasteiger partial charge in [-0.25, -0.2) is 0 Å². The van der Waals surface area contributed by atoms with Crippen LogP contribution in [-0.4, -0.2) is 51.7 Å². The van der Waals surface area contributed by atoms with E-state index in [-0.39, 0.29) is 17.7 Å². The first kappa shape index (κ1) is 14.1. The molecule has 1 fully saturated rings. The Morgan fingerprint density at radius 2 is 2.29 bits per heavy atom. The van der Waals surface area contributed by atoms with E-state index >= 15 is 0 Å². The summed E-state index contributed by atoms with van der Waals surface area (Å²) < 4.78 is 7.01. The fraction of sp³-hybridized carbons (Fsp3) is 0.500. The van der Waals surface area contributed by atoms with E-state index in [0.29, 0.717) is 30.7 Å². The van der Waals surface area contributed by atoms with Crippen molar-refractivity contribution >= 4 is 10.9 Å². The van der Waals surface area contributed by atoms with Crippen molar-refractivity contribution in [3.05, 3.63) is 34.6 Å². The van der Waals surface area contributed by atoms with Gasteiger partial charge in [0.2, 0.25) is 0 Å². The van der Waals surface area contributed by atoms with Gasteiger partial charge in [-0.3, -0.25) is 9.69 Å². The minimum Gasteiger partial charge on any atom is -0.374 e. The van der Waals surface area contributed by atoms with Crippen LogP contribution in [-0.2, 0) is 11.4 Å². The topological polar surface area (TPSA) is 86.3 Å². The summed E-state index contributed by atoms with van der Waals surface area (Å²) in [7, 11) is 0. The third-order valence-electron chi connectivity index (χ3n) is 3.73. The minimum atomic E-state index is -0.121. The molecule has 2 unspecified atom stereocenters. The first-order chi connectivity index (χ1) is 10.1. The average molecular weight is 289 g/mol. The van der Waals surface area contributed by atoms with Crippen molar-refractivity contribution in [3.63, 3.8) is 0 Å². The highest BCUT2D eigenvalue weighted by atomic mass is 16.5. The molecule has 7 heteroatoms. The maximum Gasteiger partial charge on any atom is 0.278 e. The van der Waals surface area contributed by atoms with Crippen LogP contribution >= 0.6 is 0 Å². The lowest BCUT2D eigenvalue weighted by atomic mass is 10.1. The molecule has 0 aliphatic carbocycles. The largest absolute Gasteiger partial charge is 0.374 e. The van der Waals surface area contributed by atoms with E-state index in [9.17, 15) is 4.79 Å². The second-order valence-corrected chi connectivity index (χ2v) is 5.40. The Kier molecular flexibility index (Phi) is 3.96. The van der Waals surface area contributed by atoms with E-state index in [2.05, 4.69) is 15.2 Å². The minimum absolute atomic E-state index is 0.0112. The van der Waals surface area contributed by atoms with Crippen LogP contribution in [0, 0.1) is 0 Å². The van der Waals surface area contributed by atoms with Crippen LogP contribution in [0.15, 0.2) is 29.1 Å². The Labute approximate surface area is 122 Å². The van der Waals surface area contributed by atoms with E-state index < -0.39 is 0 Å². The van der Waals surface area contributed by atoms with E-state index in [1.165, 1.54) is 4.68 Å². The molecule has 2 aromatic rings. The predicted molar refractivity (Wildman–Crippen MR) is 78.8 cm³/mol. The standard InChI is InChI=1S/C14H19N5O2/c1-10(15)13-8-18(6-7-21-13)9-19-14(20)11-4-2-3-5-12(11)16-17-19/h2-5,10,13H,6-9,15H2,1H3. The van der Waals surface area contributed by atoms with E-state index in [4.69, 9.17) is 10.5 Å². The highest BCUT2D eigenvalue weighted by Gasteiger charge is 2.24. The van der Waals surface area contributed by atoms with Crippen LogP contribution in [0.2, 0.25) is 0 Å². The normalized spacial score (nSPS) is 21.5. The first-order valence-electron chi connectivity index (χ1n) is 7.07. The first-order valence-corrected chi connectivity index (χ1v) is 7.07. The van der Waals surface area contributed by atoms with Gasteiger partial charge in [-0.1, -0.05) is 17.3 Å².